The maximum absolute atomic E-state index is 14.1. The Balaban J connectivity index is 1.97. The SMILES string of the molecule is O=C(c1cc([N+](=O)[O-])ccc1Cl)N(Cc1ccco1)Cc1ccccc1F. The van der Waals surface area contributed by atoms with E-state index < -0.39 is 16.6 Å². The molecule has 0 radical (unpaired) electrons. The zero-order valence-electron chi connectivity index (χ0n) is 14.0. The minimum Gasteiger partial charge on any atom is -0.467 e. The summed E-state index contributed by atoms with van der Waals surface area (Å²) >= 11 is 6.09. The van der Waals surface area contributed by atoms with Gasteiger partial charge in [0.25, 0.3) is 11.6 Å². The molecule has 0 fully saturated rings. The molecule has 0 spiro atoms. The Morgan fingerprint density at radius 2 is 1.93 bits per heavy atom. The Morgan fingerprint density at radius 3 is 2.59 bits per heavy atom. The normalized spacial score (nSPS) is 10.6. The molecular weight excluding hydrogens is 375 g/mol. The maximum Gasteiger partial charge on any atom is 0.270 e. The second-order valence-corrected chi connectivity index (χ2v) is 6.16. The number of hydrogen-bond acceptors (Lipinski definition) is 4. The molecule has 27 heavy (non-hydrogen) atoms. The Kier molecular flexibility index (Phi) is 5.52. The third-order valence-electron chi connectivity index (χ3n) is 3.92. The number of rotatable bonds is 6. The highest BCUT2D eigenvalue weighted by Crippen LogP contribution is 2.25. The Bertz CT molecular complexity index is 976. The molecule has 1 aromatic heterocycles. The van der Waals surface area contributed by atoms with Crippen molar-refractivity contribution >= 4 is 23.2 Å². The zero-order chi connectivity index (χ0) is 19.4. The van der Waals surface area contributed by atoms with Gasteiger partial charge in [0.2, 0.25) is 0 Å². The first-order chi connectivity index (χ1) is 13.0. The van der Waals surface area contributed by atoms with Crippen LogP contribution in [0.3, 0.4) is 0 Å². The molecule has 0 bridgehead atoms. The van der Waals surface area contributed by atoms with Gasteiger partial charge in [0.15, 0.2) is 0 Å². The van der Waals surface area contributed by atoms with E-state index in [0.717, 1.165) is 6.07 Å². The van der Waals surface area contributed by atoms with Gasteiger partial charge < -0.3 is 9.32 Å². The summed E-state index contributed by atoms with van der Waals surface area (Å²) < 4.78 is 19.3. The van der Waals surface area contributed by atoms with Crippen molar-refractivity contribution in [3.63, 3.8) is 0 Å². The van der Waals surface area contributed by atoms with E-state index in [1.807, 2.05) is 0 Å². The van der Waals surface area contributed by atoms with Gasteiger partial charge in [-0.05, 0) is 24.3 Å². The molecule has 3 aromatic rings. The van der Waals surface area contributed by atoms with Crippen molar-refractivity contribution in [1.82, 2.24) is 4.90 Å². The summed E-state index contributed by atoms with van der Waals surface area (Å²) in [5, 5.41) is 11.1. The van der Waals surface area contributed by atoms with Crippen molar-refractivity contribution in [3.05, 3.63) is 98.7 Å². The highest BCUT2D eigenvalue weighted by Gasteiger charge is 2.23. The highest BCUT2D eigenvalue weighted by atomic mass is 35.5. The lowest BCUT2D eigenvalue weighted by Gasteiger charge is -2.22. The average molecular weight is 389 g/mol. The molecular formula is C19H14ClFN2O4. The third kappa shape index (κ3) is 4.32. The predicted molar refractivity (Wildman–Crippen MR) is 96.8 cm³/mol. The minimum atomic E-state index is -0.610. The van der Waals surface area contributed by atoms with Gasteiger partial charge in [0.05, 0.1) is 28.3 Å². The number of carbonyl (C=O) groups excluding carboxylic acids is 1. The van der Waals surface area contributed by atoms with Crippen LogP contribution in [-0.4, -0.2) is 15.7 Å². The van der Waals surface area contributed by atoms with Crippen LogP contribution >= 0.6 is 11.6 Å². The third-order valence-corrected chi connectivity index (χ3v) is 4.25. The number of furan rings is 1. The summed E-state index contributed by atoms with van der Waals surface area (Å²) in [5.74, 6) is -0.538. The van der Waals surface area contributed by atoms with E-state index in [1.165, 1.54) is 29.4 Å². The first-order valence-corrected chi connectivity index (χ1v) is 8.32. The topological polar surface area (TPSA) is 76.6 Å². The van der Waals surface area contributed by atoms with Crippen LogP contribution in [0.25, 0.3) is 0 Å². The van der Waals surface area contributed by atoms with Gasteiger partial charge in [-0.2, -0.15) is 0 Å². The molecule has 0 unspecified atom stereocenters. The van der Waals surface area contributed by atoms with Crippen molar-refractivity contribution in [2.24, 2.45) is 0 Å². The summed E-state index contributed by atoms with van der Waals surface area (Å²) in [7, 11) is 0. The van der Waals surface area contributed by atoms with Gasteiger partial charge in [0, 0.05) is 24.2 Å². The molecule has 2 aromatic carbocycles. The van der Waals surface area contributed by atoms with E-state index in [-0.39, 0.29) is 29.4 Å². The molecule has 6 nitrogen and oxygen atoms in total. The maximum atomic E-state index is 14.1. The fraction of sp³-hybridized carbons (Fsp3) is 0.105. The van der Waals surface area contributed by atoms with Gasteiger partial charge in [0.1, 0.15) is 11.6 Å². The lowest BCUT2D eigenvalue weighted by Crippen LogP contribution is -2.30. The summed E-state index contributed by atoms with van der Waals surface area (Å²) in [5.41, 5.74) is 0.0133. The lowest BCUT2D eigenvalue weighted by atomic mass is 10.1. The second-order valence-electron chi connectivity index (χ2n) is 5.75. The van der Waals surface area contributed by atoms with Crippen LogP contribution in [0.5, 0.6) is 0 Å². The fourth-order valence-electron chi connectivity index (χ4n) is 2.58. The Morgan fingerprint density at radius 1 is 1.15 bits per heavy atom. The fourth-order valence-corrected chi connectivity index (χ4v) is 2.78. The summed E-state index contributed by atoms with van der Waals surface area (Å²) in [6.45, 7) is 0.00438. The van der Waals surface area contributed by atoms with E-state index in [2.05, 4.69) is 0 Å². The van der Waals surface area contributed by atoms with Gasteiger partial charge in [-0.15, -0.1) is 0 Å². The molecule has 3 rings (SSSR count). The van der Waals surface area contributed by atoms with E-state index in [4.69, 9.17) is 16.0 Å². The molecule has 1 heterocycles. The minimum absolute atomic E-state index is 0.0336. The molecule has 1 amide bonds. The van der Waals surface area contributed by atoms with Gasteiger partial charge in [-0.25, -0.2) is 4.39 Å². The van der Waals surface area contributed by atoms with E-state index in [0.29, 0.717) is 11.3 Å². The number of halogens is 2. The van der Waals surface area contributed by atoms with Crippen LogP contribution in [0.1, 0.15) is 21.7 Å². The largest absolute Gasteiger partial charge is 0.467 e. The van der Waals surface area contributed by atoms with Crippen LogP contribution in [0.15, 0.2) is 65.3 Å². The average Bonchev–Trinajstić information content (AvgIpc) is 3.15. The van der Waals surface area contributed by atoms with Crippen LogP contribution < -0.4 is 0 Å². The molecule has 138 valence electrons. The van der Waals surface area contributed by atoms with Gasteiger partial charge in [-0.1, -0.05) is 29.8 Å². The number of amides is 1. The first kappa shape index (κ1) is 18.6. The monoisotopic (exact) mass is 388 g/mol. The van der Waals surface area contributed by atoms with E-state index >= 15 is 0 Å². The predicted octanol–water partition coefficient (Wildman–Crippen LogP) is 4.82. The molecule has 0 aliphatic carbocycles. The summed E-state index contributed by atoms with van der Waals surface area (Å²) in [6, 6.07) is 13.0. The number of carbonyl (C=O) groups is 1. The summed E-state index contributed by atoms with van der Waals surface area (Å²) in [6.07, 6.45) is 1.46. The number of nitrogens with zero attached hydrogens (tertiary/aromatic N) is 2. The molecule has 0 saturated carbocycles. The van der Waals surface area contributed by atoms with Crippen molar-refractivity contribution in [2.75, 3.05) is 0 Å². The quantitative estimate of drug-likeness (QED) is 0.448. The Hall–Kier alpha value is -3.19. The van der Waals surface area contributed by atoms with E-state index in [9.17, 15) is 19.3 Å². The number of non-ortho nitro benzene ring substituents is 1. The molecule has 0 atom stereocenters. The van der Waals surface area contributed by atoms with Crippen molar-refractivity contribution in [2.45, 2.75) is 13.1 Å². The zero-order valence-corrected chi connectivity index (χ0v) is 14.7. The molecule has 0 aliphatic heterocycles. The molecule has 0 saturated heterocycles. The summed E-state index contributed by atoms with van der Waals surface area (Å²) in [4.78, 5) is 24.8. The van der Waals surface area contributed by atoms with Crippen LogP contribution in [-0.2, 0) is 13.1 Å². The first-order valence-electron chi connectivity index (χ1n) is 7.94. The number of benzene rings is 2. The number of nitro groups is 1. The standard InChI is InChI=1S/C19H14ClFN2O4/c20-17-8-7-14(23(25)26)10-16(17)19(24)22(12-15-5-3-9-27-15)11-13-4-1-2-6-18(13)21/h1-10H,11-12H2. The number of nitro benzene ring substituents is 1. The molecule has 8 heteroatoms. The van der Waals surface area contributed by atoms with Crippen molar-refractivity contribution in [3.8, 4) is 0 Å². The Labute approximate surface area is 158 Å². The smallest absolute Gasteiger partial charge is 0.270 e. The van der Waals surface area contributed by atoms with Crippen LogP contribution in [0.2, 0.25) is 5.02 Å². The lowest BCUT2D eigenvalue weighted by molar-refractivity contribution is -0.384. The van der Waals surface area contributed by atoms with E-state index in [1.54, 1.807) is 30.3 Å². The molecule has 0 N–H and O–H groups in total. The molecule has 0 aliphatic rings. The van der Waals surface area contributed by atoms with Crippen LogP contribution in [0.4, 0.5) is 10.1 Å². The van der Waals surface area contributed by atoms with Crippen molar-refractivity contribution in [1.29, 1.82) is 0 Å². The van der Waals surface area contributed by atoms with Gasteiger partial charge in [-0.3, -0.25) is 14.9 Å². The van der Waals surface area contributed by atoms with Gasteiger partial charge >= 0.3 is 0 Å². The second kappa shape index (κ2) is 8.01. The van der Waals surface area contributed by atoms with Crippen molar-refractivity contribution < 1.29 is 18.5 Å². The van der Waals surface area contributed by atoms with Crippen LogP contribution in [0, 0.1) is 15.9 Å². The number of hydrogen-bond donors (Lipinski definition) is 0. The highest BCUT2D eigenvalue weighted by molar-refractivity contribution is 6.33.